The molecule has 0 fully saturated rings. The maximum Gasteiger partial charge on any atom is 0.349 e. The molecule has 1 N–H and O–H groups in total. The minimum absolute atomic E-state index is 0.0950. The van der Waals surface area contributed by atoms with Gasteiger partial charge in [-0.2, -0.15) is 0 Å². The van der Waals surface area contributed by atoms with Crippen molar-refractivity contribution >= 4 is 66.0 Å². The first-order valence-corrected chi connectivity index (χ1v) is 8.41. The smallest absolute Gasteiger partial charge is 0.349 e. The predicted octanol–water partition coefficient (Wildman–Crippen LogP) is 5.22. The lowest BCUT2D eigenvalue weighted by Crippen LogP contribution is -2.20. The zero-order valence-corrected chi connectivity index (χ0v) is 15.3. The highest BCUT2D eigenvalue weighted by molar-refractivity contribution is 9.11. The lowest BCUT2D eigenvalue weighted by molar-refractivity contribution is 0.102. The average molecular weight is 458 g/mol. The number of anilines is 1. The Labute approximate surface area is 152 Å². The van der Waals surface area contributed by atoms with Gasteiger partial charge in [-0.05, 0) is 46.3 Å². The zero-order chi connectivity index (χ0) is 16.6. The molecule has 23 heavy (non-hydrogen) atoms. The number of hydrogen-bond donors (Lipinski definition) is 1. The minimum atomic E-state index is -0.718. The van der Waals surface area contributed by atoms with Gasteiger partial charge in [0.2, 0.25) is 0 Å². The molecular formula is C16H8Br2ClNO3. The maximum atomic E-state index is 12.3. The van der Waals surface area contributed by atoms with E-state index in [1.807, 2.05) is 0 Å². The van der Waals surface area contributed by atoms with Crippen LogP contribution in [-0.2, 0) is 0 Å². The van der Waals surface area contributed by atoms with Gasteiger partial charge in [-0.15, -0.1) is 0 Å². The molecule has 4 nitrogen and oxygen atoms in total. The quantitative estimate of drug-likeness (QED) is 0.537. The zero-order valence-electron chi connectivity index (χ0n) is 11.4. The van der Waals surface area contributed by atoms with Crippen molar-refractivity contribution in [2.75, 3.05) is 5.32 Å². The standard InChI is InChI=1S/C16H8Br2ClNO3/c17-9-5-8-6-10(16(22)23-14(8)11(18)7-9)15(21)20-13-4-2-1-3-12(13)19/h1-7H,(H,20,21). The van der Waals surface area contributed by atoms with Crippen molar-refractivity contribution in [2.24, 2.45) is 0 Å². The fraction of sp³-hybridized carbons (Fsp3) is 0. The van der Waals surface area contributed by atoms with E-state index >= 15 is 0 Å². The molecule has 1 heterocycles. The molecule has 0 saturated heterocycles. The number of nitrogens with one attached hydrogen (secondary N) is 1. The summed E-state index contributed by atoms with van der Waals surface area (Å²) < 4.78 is 6.67. The summed E-state index contributed by atoms with van der Waals surface area (Å²) in [6.45, 7) is 0. The van der Waals surface area contributed by atoms with Crippen LogP contribution in [0.3, 0.4) is 0 Å². The second kappa shape index (κ2) is 6.47. The summed E-state index contributed by atoms with van der Waals surface area (Å²) in [6.07, 6.45) is 0. The molecule has 0 saturated carbocycles. The largest absolute Gasteiger partial charge is 0.421 e. The van der Waals surface area contributed by atoms with Crippen LogP contribution in [0.25, 0.3) is 11.0 Å². The van der Waals surface area contributed by atoms with Crippen molar-refractivity contribution in [3.05, 3.63) is 72.4 Å². The van der Waals surface area contributed by atoms with Crippen molar-refractivity contribution in [2.45, 2.75) is 0 Å². The van der Waals surface area contributed by atoms with Gasteiger partial charge in [-0.1, -0.05) is 39.7 Å². The van der Waals surface area contributed by atoms with E-state index in [2.05, 4.69) is 37.2 Å². The maximum absolute atomic E-state index is 12.3. The van der Waals surface area contributed by atoms with E-state index in [4.69, 9.17) is 16.0 Å². The Balaban J connectivity index is 2.06. The SMILES string of the molecule is O=C(Nc1ccccc1Cl)c1cc2cc(Br)cc(Br)c2oc1=O. The van der Waals surface area contributed by atoms with E-state index in [1.165, 1.54) is 6.07 Å². The summed E-state index contributed by atoms with van der Waals surface area (Å²) in [4.78, 5) is 24.4. The monoisotopic (exact) mass is 455 g/mol. The van der Waals surface area contributed by atoms with E-state index in [9.17, 15) is 9.59 Å². The van der Waals surface area contributed by atoms with Crippen LogP contribution in [0, 0.1) is 0 Å². The molecule has 0 radical (unpaired) electrons. The Morgan fingerprint density at radius 1 is 1.13 bits per heavy atom. The Kier molecular flexibility index (Phi) is 4.57. The normalized spacial score (nSPS) is 10.7. The molecule has 0 bridgehead atoms. The molecule has 0 atom stereocenters. The summed E-state index contributed by atoms with van der Waals surface area (Å²) in [5.41, 5.74) is -0.00549. The van der Waals surface area contributed by atoms with E-state index in [1.54, 1.807) is 36.4 Å². The van der Waals surface area contributed by atoms with Gasteiger partial charge in [0.1, 0.15) is 5.56 Å². The van der Waals surface area contributed by atoms with Gasteiger partial charge in [-0.3, -0.25) is 4.79 Å². The molecular weight excluding hydrogens is 449 g/mol. The van der Waals surface area contributed by atoms with Gasteiger partial charge < -0.3 is 9.73 Å². The number of benzene rings is 2. The number of amides is 1. The molecule has 116 valence electrons. The van der Waals surface area contributed by atoms with Crippen LogP contribution >= 0.6 is 43.5 Å². The van der Waals surface area contributed by atoms with Gasteiger partial charge in [-0.25, -0.2) is 4.79 Å². The number of halogens is 3. The van der Waals surface area contributed by atoms with Crippen LogP contribution in [0.4, 0.5) is 5.69 Å². The van der Waals surface area contributed by atoms with Gasteiger partial charge in [0.25, 0.3) is 5.91 Å². The average Bonchev–Trinajstić information content (AvgIpc) is 2.49. The van der Waals surface area contributed by atoms with E-state index in [-0.39, 0.29) is 5.56 Å². The molecule has 0 aliphatic carbocycles. The highest BCUT2D eigenvalue weighted by atomic mass is 79.9. The highest BCUT2D eigenvalue weighted by Gasteiger charge is 2.16. The Bertz CT molecular complexity index is 985. The van der Waals surface area contributed by atoms with E-state index in [0.717, 1.165) is 4.47 Å². The summed E-state index contributed by atoms with van der Waals surface area (Å²) in [5.74, 6) is -0.579. The topological polar surface area (TPSA) is 59.3 Å². The lowest BCUT2D eigenvalue weighted by atomic mass is 10.1. The molecule has 0 aliphatic heterocycles. The molecule has 7 heteroatoms. The van der Waals surface area contributed by atoms with Gasteiger partial charge in [0, 0.05) is 9.86 Å². The predicted molar refractivity (Wildman–Crippen MR) is 97.3 cm³/mol. The fourth-order valence-corrected chi connectivity index (χ4v) is 3.59. The number of fused-ring (bicyclic) bond motifs is 1. The molecule has 0 aliphatic rings. The molecule has 1 aromatic heterocycles. The number of carbonyl (C=O) groups excluding carboxylic acids is 1. The van der Waals surface area contributed by atoms with Crippen molar-refractivity contribution in [1.29, 1.82) is 0 Å². The summed E-state index contributed by atoms with van der Waals surface area (Å²) in [7, 11) is 0. The Hall–Kier alpha value is -1.63. The third-order valence-corrected chi connectivity index (χ3v) is 4.49. The lowest BCUT2D eigenvalue weighted by Gasteiger charge is -2.07. The highest BCUT2D eigenvalue weighted by Crippen LogP contribution is 2.28. The summed E-state index contributed by atoms with van der Waals surface area (Å²) in [6, 6.07) is 11.8. The van der Waals surface area contributed by atoms with Crippen LogP contribution in [0.1, 0.15) is 10.4 Å². The second-order valence-electron chi connectivity index (χ2n) is 4.69. The molecule has 3 aromatic rings. The van der Waals surface area contributed by atoms with Crippen molar-refractivity contribution in [1.82, 2.24) is 0 Å². The van der Waals surface area contributed by atoms with Crippen molar-refractivity contribution in [3.8, 4) is 0 Å². The fourth-order valence-electron chi connectivity index (χ4n) is 2.07. The molecule has 0 unspecified atom stereocenters. The van der Waals surface area contributed by atoms with Crippen molar-refractivity contribution < 1.29 is 9.21 Å². The second-order valence-corrected chi connectivity index (χ2v) is 6.86. The first-order valence-electron chi connectivity index (χ1n) is 6.44. The number of rotatable bonds is 2. The number of carbonyl (C=O) groups is 1. The number of hydrogen-bond acceptors (Lipinski definition) is 3. The van der Waals surface area contributed by atoms with Gasteiger partial charge in [0.05, 0.1) is 15.2 Å². The van der Waals surface area contributed by atoms with Crippen LogP contribution in [0.15, 0.2) is 60.6 Å². The number of para-hydroxylation sites is 1. The first kappa shape index (κ1) is 16.2. The molecule has 2 aromatic carbocycles. The van der Waals surface area contributed by atoms with Gasteiger partial charge in [0.15, 0.2) is 5.58 Å². The summed E-state index contributed by atoms with van der Waals surface area (Å²) in [5, 5.41) is 3.61. The molecule has 0 spiro atoms. The van der Waals surface area contributed by atoms with Crippen LogP contribution in [-0.4, -0.2) is 5.91 Å². The third kappa shape index (κ3) is 3.34. The van der Waals surface area contributed by atoms with Gasteiger partial charge >= 0.3 is 5.63 Å². The molecule has 1 amide bonds. The molecule has 3 rings (SSSR count). The van der Waals surface area contributed by atoms with E-state index in [0.29, 0.717) is 26.2 Å². The Morgan fingerprint density at radius 3 is 2.61 bits per heavy atom. The van der Waals surface area contributed by atoms with Crippen LogP contribution in [0.5, 0.6) is 0 Å². The van der Waals surface area contributed by atoms with E-state index < -0.39 is 11.5 Å². The minimum Gasteiger partial charge on any atom is -0.421 e. The van der Waals surface area contributed by atoms with Crippen LogP contribution < -0.4 is 10.9 Å². The third-order valence-electron chi connectivity index (χ3n) is 3.12. The van der Waals surface area contributed by atoms with Crippen LogP contribution in [0.2, 0.25) is 5.02 Å². The summed E-state index contributed by atoms with van der Waals surface area (Å²) >= 11 is 12.7. The Morgan fingerprint density at radius 2 is 1.87 bits per heavy atom. The van der Waals surface area contributed by atoms with Crippen molar-refractivity contribution in [3.63, 3.8) is 0 Å². The first-order chi connectivity index (χ1) is 11.0.